The van der Waals surface area contributed by atoms with Crippen LogP contribution in [0.15, 0.2) is 24.3 Å². The molecule has 0 atom stereocenters. The highest BCUT2D eigenvalue weighted by Gasteiger charge is 1.96. The second-order valence-corrected chi connectivity index (χ2v) is 3.25. The standard InChI is InChI=1S/C11H14ClNO/c1-14-10-6-5-9(11(13)8-10)4-2-3-7-12/h2,4-6,8H,3,7,13H2,1H3. The Morgan fingerprint density at radius 1 is 1.50 bits per heavy atom. The number of ether oxygens (including phenoxy) is 1. The third kappa shape index (κ3) is 2.96. The molecule has 2 N–H and O–H groups in total. The Kier molecular flexibility index (Phi) is 4.33. The van der Waals surface area contributed by atoms with Crippen LogP contribution in [0.25, 0.3) is 6.08 Å². The number of allylic oxidation sites excluding steroid dienone is 1. The average Bonchev–Trinajstić information content (AvgIpc) is 2.20. The Bertz CT molecular complexity index is 323. The van der Waals surface area contributed by atoms with Gasteiger partial charge in [0.05, 0.1) is 7.11 Å². The zero-order valence-electron chi connectivity index (χ0n) is 8.16. The van der Waals surface area contributed by atoms with Crippen molar-refractivity contribution >= 4 is 23.4 Å². The molecule has 0 radical (unpaired) electrons. The maximum atomic E-state index is 5.81. The Morgan fingerprint density at radius 3 is 2.86 bits per heavy atom. The molecule has 1 aromatic rings. The fourth-order valence-corrected chi connectivity index (χ4v) is 1.23. The zero-order chi connectivity index (χ0) is 10.4. The van der Waals surface area contributed by atoms with Gasteiger partial charge in [-0.15, -0.1) is 11.6 Å². The van der Waals surface area contributed by atoms with Crippen molar-refractivity contribution in [3.63, 3.8) is 0 Å². The SMILES string of the molecule is COc1ccc(C=CCCCl)c(N)c1. The third-order valence-electron chi connectivity index (χ3n) is 1.87. The molecule has 0 heterocycles. The highest BCUT2D eigenvalue weighted by atomic mass is 35.5. The second kappa shape index (κ2) is 5.55. The van der Waals surface area contributed by atoms with Crippen LogP contribution in [-0.4, -0.2) is 13.0 Å². The molecule has 0 bridgehead atoms. The molecule has 3 heteroatoms. The van der Waals surface area contributed by atoms with Gasteiger partial charge >= 0.3 is 0 Å². The van der Waals surface area contributed by atoms with E-state index < -0.39 is 0 Å². The summed E-state index contributed by atoms with van der Waals surface area (Å²) in [6.45, 7) is 0. The molecule has 1 rings (SSSR count). The van der Waals surface area contributed by atoms with Crippen LogP contribution in [0.2, 0.25) is 0 Å². The molecule has 76 valence electrons. The van der Waals surface area contributed by atoms with Crippen molar-refractivity contribution in [2.45, 2.75) is 6.42 Å². The molecule has 0 aliphatic rings. The van der Waals surface area contributed by atoms with Crippen LogP contribution in [0.5, 0.6) is 5.75 Å². The maximum Gasteiger partial charge on any atom is 0.120 e. The Morgan fingerprint density at radius 2 is 2.29 bits per heavy atom. The van der Waals surface area contributed by atoms with Gasteiger partial charge < -0.3 is 10.5 Å². The lowest BCUT2D eigenvalue weighted by Crippen LogP contribution is -1.91. The number of nitrogen functional groups attached to an aromatic ring is 1. The molecule has 0 saturated heterocycles. The molecule has 14 heavy (non-hydrogen) atoms. The molecule has 0 aliphatic heterocycles. The molecular weight excluding hydrogens is 198 g/mol. The smallest absolute Gasteiger partial charge is 0.120 e. The van der Waals surface area contributed by atoms with Gasteiger partial charge in [-0.25, -0.2) is 0 Å². The lowest BCUT2D eigenvalue weighted by atomic mass is 10.1. The van der Waals surface area contributed by atoms with Gasteiger partial charge in [0.2, 0.25) is 0 Å². The van der Waals surface area contributed by atoms with Crippen molar-refractivity contribution in [3.8, 4) is 5.75 Å². The summed E-state index contributed by atoms with van der Waals surface area (Å²) >= 11 is 5.55. The first-order valence-corrected chi connectivity index (χ1v) is 4.97. The van der Waals surface area contributed by atoms with E-state index in [2.05, 4.69) is 0 Å². The van der Waals surface area contributed by atoms with Crippen LogP contribution in [0, 0.1) is 0 Å². The second-order valence-electron chi connectivity index (χ2n) is 2.87. The largest absolute Gasteiger partial charge is 0.497 e. The van der Waals surface area contributed by atoms with Gasteiger partial charge in [0.25, 0.3) is 0 Å². The van der Waals surface area contributed by atoms with Crippen molar-refractivity contribution in [1.82, 2.24) is 0 Å². The van der Waals surface area contributed by atoms with Crippen molar-refractivity contribution in [2.24, 2.45) is 0 Å². The summed E-state index contributed by atoms with van der Waals surface area (Å²) in [5, 5.41) is 0. The van der Waals surface area contributed by atoms with Crippen molar-refractivity contribution in [1.29, 1.82) is 0 Å². The molecular formula is C11H14ClNO. The number of nitrogens with two attached hydrogens (primary N) is 1. The number of methoxy groups -OCH3 is 1. The maximum absolute atomic E-state index is 5.81. The molecule has 0 saturated carbocycles. The predicted molar refractivity (Wildman–Crippen MR) is 61.8 cm³/mol. The first-order chi connectivity index (χ1) is 6.77. The molecule has 0 fully saturated rings. The quantitative estimate of drug-likeness (QED) is 0.614. The van der Waals surface area contributed by atoms with Gasteiger partial charge in [-0.05, 0) is 24.1 Å². The highest BCUT2D eigenvalue weighted by Crippen LogP contribution is 2.20. The summed E-state index contributed by atoms with van der Waals surface area (Å²) in [5.74, 6) is 1.41. The third-order valence-corrected chi connectivity index (χ3v) is 2.09. The van der Waals surface area contributed by atoms with Crippen molar-refractivity contribution < 1.29 is 4.74 Å². The Labute approximate surface area is 89.3 Å². The topological polar surface area (TPSA) is 35.2 Å². The van der Waals surface area contributed by atoms with Gasteiger partial charge in [-0.2, -0.15) is 0 Å². The fraction of sp³-hybridized carbons (Fsp3) is 0.273. The van der Waals surface area contributed by atoms with E-state index in [4.69, 9.17) is 22.1 Å². The normalized spacial score (nSPS) is 10.7. The summed E-state index contributed by atoms with van der Waals surface area (Å²) in [7, 11) is 1.62. The molecule has 0 aliphatic carbocycles. The number of hydrogen-bond acceptors (Lipinski definition) is 2. The molecule has 1 aromatic carbocycles. The van der Waals surface area contributed by atoms with Gasteiger partial charge in [0.15, 0.2) is 0 Å². The van der Waals surface area contributed by atoms with E-state index in [1.165, 1.54) is 0 Å². The number of alkyl halides is 1. The van der Waals surface area contributed by atoms with Crippen LogP contribution < -0.4 is 10.5 Å². The van der Waals surface area contributed by atoms with E-state index in [-0.39, 0.29) is 0 Å². The Hall–Kier alpha value is -1.15. The molecule has 0 unspecified atom stereocenters. The number of rotatable bonds is 4. The van der Waals surface area contributed by atoms with Crippen LogP contribution in [0.3, 0.4) is 0 Å². The minimum Gasteiger partial charge on any atom is -0.497 e. The number of benzene rings is 1. The van der Waals surface area contributed by atoms with E-state index in [1.54, 1.807) is 13.2 Å². The number of hydrogen-bond donors (Lipinski definition) is 1. The minimum absolute atomic E-state index is 0.632. The molecule has 0 amide bonds. The molecule has 0 spiro atoms. The van der Waals surface area contributed by atoms with Crippen LogP contribution >= 0.6 is 11.6 Å². The van der Waals surface area contributed by atoms with E-state index >= 15 is 0 Å². The monoisotopic (exact) mass is 211 g/mol. The average molecular weight is 212 g/mol. The molecule has 0 aromatic heterocycles. The van der Waals surface area contributed by atoms with Crippen molar-refractivity contribution in [3.05, 3.63) is 29.8 Å². The first kappa shape index (κ1) is 10.9. The van der Waals surface area contributed by atoms with E-state index in [9.17, 15) is 0 Å². The summed E-state index contributed by atoms with van der Waals surface area (Å²) < 4.78 is 5.05. The minimum atomic E-state index is 0.632. The van der Waals surface area contributed by atoms with Crippen molar-refractivity contribution in [2.75, 3.05) is 18.7 Å². The van der Waals surface area contributed by atoms with E-state index in [0.29, 0.717) is 5.88 Å². The summed E-state index contributed by atoms with van der Waals surface area (Å²) in [6.07, 6.45) is 4.83. The number of halogens is 1. The van der Waals surface area contributed by atoms with Gasteiger partial charge in [0, 0.05) is 17.6 Å². The summed E-state index contributed by atoms with van der Waals surface area (Å²) in [5.41, 5.74) is 7.53. The van der Waals surface area contributed by atoms with Crippen LogP contribution in [0.1, 0.15) is 12.0 Å². The van der Waals surface area contributed by atoms with Gasteiger partial charge in [-0.1, -0.05) is 12.2 Å². The van der Waals surface area contributed by atoms with Gasteiger partial charge in [0.1, 0.15) is 5.75 Å². The fourth-order valence-electron chi connectivity index (χ4n) is 1.10. The van der Waals surface area contributed by atoms with Crippen LogP contribution in [0.4, 0.5) is 5.69 Å². The van der Waals surface area contributed by atoms with E-state index in [0.717, 1.165) is 23.4 Å². The zero-order valence-corrected chi connectivity index (χ0v) is 8.92. The van der Waals surface area contributed by atoms with Crippen LogP contribution in [-0.2, 0) is 0 Å². The van der Waals surface area contributed by atoms with Gasteiger partial charge in [-0.3, -0.25) is 0 Å². The lowest BCUT2D eigenvalue weighted by molar-refractivity contribution is 0.415. The van der Waals surface area contributed by atoms with E-state index in [1.807, 2.05) is 24.3 Å². The highest BCUT2D eigenvalue weighted by molar-refractivity contribution is 6.17. The molecule has 2 nitrogen and oxygen atoms in total. The Balaban J connectivity index is 2.78. The summed E-state index contributed by atoms with van der Waals surface area (Å²) in [6, 6.07) is 5.62. The predicted octanol–water partition coefficient (Wildman–Crippen LogP) is 2.92. The lowest BCUT2D eigenvalue weighted by Gasteiger charge is -2.03. The number of anilines is 1. The first-order valence-electron chi connectivity index (χ1n) is 4.44. The summed E-state index contributed by atoms with van der Waals surface area (Å²) in [4.78, 5) is 0.